The van der Waals surface area contributed by atoms with Gasteiger partial charge in [0.15, 0.2) is 0 Å². The van der Waals surface area contributed by atoms with Crippen LogP contribution in [-0.4, -0.2) is 24.1 Å². The molecular formula is C13H15BrN4. The molecule has 0 aliphatic rings. The van der Waals surface area contributed by atoms with E-state index in [-0.39, 0.29) is 0 Å². The van der Waals surface area contributed by atoms with Crippen LogP contribution in [0.5, 0.6) is 0 Å². The lowest BCUT2D eigenvalue weighted by molar-refractivity contribution is 0.888. The van der Waals surface area contributed by atoms with Crippen LogP contribution in [0.25, 0.3) is 0 Å². The lowest BCUT2D eigenvalue weighted by Crippen LogP contribution is -2.18. The van der Waals surface area contributed by atoms with E-state index in [1.54, 1.807) is 6.20 Å². The molecule has 0 saturated heterocycles. The van der Waals surface area contributed by atoms with Crippen molar-refractivity contribution < 1.29 is 0 Å². The number of rotatable bonds is 4. The zero-order chi connectivity index (χ0) is 13.0. The van der Waals surface area contributed by atoms with Crippen molar-refractivity contribution in [1.82, 2.24) is 9.97 Å². The monoisotopic (exact) mass is 306 g/mol. The molecular weight excluding hydrogens is 292 g/mol. The Morgan fingerprint density at radius 3 is 2.78 bits per heavy atom. The summed E-state index contributed by atoms with van der Waals surface area (Å²) in [6.07, 6.45) is 1.75. The van der Waals surface area contributed by atoms with E-state index in [0.717, 1.165) is 16.8 Å². The molecule has 18 heavy (non-hydrogen) atoms. The number of hydrogen-bond donors (Lipinski definition) is 1. The Morgan fingerprint density at radius 1 is 1.28 bits per heavy atom. The first kappa shape index (κ1) is 12.8. The van der Waals surface area contributed by atoms with Crippen LogP contribution in [0, 0.1) is 0 Å². The van der Waals surface area contributed by atoms with Gasteiger partial charge in [0.25, 0.3) is 0 Å². The normalized spacial score (nSPS) is 10.2. The predicted octanol–water partition coefficient (Wildman–Crippen LogP) is 2.92. The highest BCUT2D eigenvalue weighted by molar-refractivity contribution is 9.10. The Hall–Kier alpha value is -1.62. The Balaban J connectivity index is 2.16. The maximum Gasteiger partial charge on any atom is 0.224 e. The molecule has 0 atom stereocenters. The van der Waals surface area contributed by atoms with Crippen LogP contribution >= 0.6 is 15.9 Å². The van der Waals surface area contributed by atoms with Gasteiger partial charge < -0.3 is 10.2 Å². The molecule has 1 aromatic heterocycles. The molecule has 0 bridgehead atoms. The number of aromatic nitrogens is 2. The highest BCUT2D eigenvalue weighted by atomic mass is 79.9. The molecule has 2 aromatic rings. The lowest BCUT2D eigenvalue weighted by Gasteiger charge is -2.19. The zero-order valence-corrected chi connectivity index (χ0v) is 12.0. The zero-order valence-electron chi connectivity index (χ0n) is 10.4. The number of nitrogens with zero attached hydrogens (tertiary/aromatic N) is 3. The number of hydrogen-bond acceptors (Lipinski definition) is 4. The summed E-state index contributed by atoms with van der Waals surface area (Å²) < 4.78 is 1.11. The predicted molar refractivity (Wildman–Crippen MR) is 77.8 cm³/mol. The van der Waals surface area contributed by atoms with Crippen molar-refractivity contribution in [2.45, 2.75) is 6.54 Å². The number of nitrogens with one attached hydrogen (secondary N) is 1. The maximum absolute atomic E-state index is 4.41. The molecule has 94 valence electrons. The molecule has 0 radical (unpaired) electrons. The van der Waals surface area contributed by atoms with Crippen LogP contribution in [0.4, 0.5) is 11.8 Å². The molecule has 0 spiro atoms. The van der Waals surface area contributed by atoms with Crippen LogP contribution in [-0.2, 0) is 6.54 Å². The largest absolute Gasteiger partial charge is 0.357 e. The summed E-state index contributed by atoms with van der Waals surface area (Å²) in [6, 6.07) is 10.1. The Morgan fingerprint density at radius 2 is 2.06 bits per heavy atom. The van der Waals surface area contributed by atoms with Crippen molar-refractivity contribution in [2.75, 3.05) is 24.3 Å². The minimum Gasteiger partial charge on any atom is -0.357 e. The van der Waals surface area contributed by atoms with E-state index in [2.05, 4.69) is 42.2 Å². The van der Waals surface area contributed by atoms with Gasteiger partial charge in [0.05, 0.1) is 0 Å². The van der Waals surface area contributed by atoms with Crippen molar-refractivity contribution in [2.24, 2.45) is 0 Å². The molecule has 0 unspecified atom stereocenters. The molecule has 2 rings (SSSR count). The van der Waals surface area contributed by atoms with Crippen LogP contribution in [0.15, 0.2) is 41.0 Å². The minimum atomic E-state index is 0.631. The van der Waals surface area contributed by atoms with Crippen molar-refractivity contribution in [3.63, 3.8) is 0 Å². The van der Waals surface area contributed by atoms with Crippen LogP contribution in [0.3, 0.4) is 0 Å². The Kier molecular flexibility index (Phi) is 4.15. The molecule has 1 aromatic carbocycles. The summed E-state index contributed by atoms with van der Waals surface area (Å²) in [6.45, 7) is 0.793. The summed E-state index contributed by atoms with van der Waals surface area (Å²) >= 11 is 3.55. The van der Waals surface area contributed by atoms with Gasteiger partial charge in [0.2, 0.25) is 5.95 Å². The van der Waals surface area contributed by atoms with E-state index in [9.17, 15) is 0 Å². The summed E-state index contributed by atoms with van der Waals surface area (Å²) in [5.74, 6) is 1.52. The van der Waals surface area contributed by atoms with Crippen molar-refractivity contribution in [1.29, 1.82) is 0 Å². The van der Waals surface area contributed by atoms with Crippen molar-refractivity contribution in [3.05, 3.63) is 46.6 Å². The van der Waals surface area contributed by atoms with Gasteiger partial charge in [-0.2, -0.15) is 4.98 Å². The fraction of sp³-hybridized carbons (Fsp3) is 0.231. The van der Waals surface area contributed by atoms with Gasteiger partial charge in [-0.1, -0.05) is 34.1 Å². The second-order valence-electron chi connectivity index (χ2n) is 3.94. The van der Waals surface area contributed by atoms with Gasteiger partial charge in [-0.15, -0.1) is 0 Å². The number of halogens is 1. The summed E-state index contributed by atoms with van der Waals surface area (Å²) in [5, 5.41) is 2.94. The molecule has 5 heteroatoms. The highest BCUT2D eigenvalue weighted by Gasteiger charge is 2.06. The van der Waals surface area contributed by atoms with Gasteiger partial charge >= 0.3 is 0 Å². The standard InChI is InChI=1S/C13H15BrN4/c1-15-13-16-8-7-12(17-13)18(2)9-10-5-3-4-6-11(10)14/h3-8H,9H2,1-2H3,(H,15,16,17). The SMILES string of the molecule is CNc1nccc(N(C)Cc2ccccc2Br)n1. The average molecular weight is 307 g/mol. The van der Waals surface area contributed by atoms with Crippen LogP contribution in [0.2, 0.25) is 0 Å². The molecule has 0 amide bonds. The van der Waals surface area contributed by atoms with Gasteiger partial charge in [-0.25, -0.2) is 4.98 Å². The summed E-state index contributed by atoms with van der Waals surface area (Å²) in [7, 11) is 3.83. The average Bonchev–Trinajstić information content (AvgIpc) is 2.41. The first-order chi connectivity index (χ1) is 8.70. The van der Waals surface area contributed by atoms with E-state index < -0.39 is 0 Å². The summed E-state index contributed by atoms with van der Waals surface area (Å²) in [4.78, 5) is 10.6. The van der Waals surface area contributed by atoms with Gasteiger partial charge in [-0.05, 0) is 17.7 Å². The fourth-order valence-electron chi connectivity index (χ4n) is 1.65. The second kappa shape index (κ2) is 5.82. The molecule has 0 saturated carbocycles. The molecule has 1 heterocycles. The number of benzene rings is 1. The van der Waals surface area contributed by atoms with E-state index in [1.807, 2.05) is 38.4 Å². The van der Waals surface area contributed by atoms with Crippen molar-refractivity contribution in [3.8, 4) is 0 Å². The Labute approximate surface area is 115 Å². The van der Waals surface area contributed by atoms with E-state index in [0.29, 0.717) is 5.95 Å². The van der Waals surface area contributed by atoms with Crippen LogP contribution in [0.1, 0.15) is 5.56 Å². The van der Waals surface area contributed by atoms with E-state index in [4.69, 9.17) is 0 Å². The van der Waals surface area contributed by atoms with Crippen molar-refractivity contribution >= 4 is 27.7 Å². The van der Waals surface area contributed by atoms with E-state index >= 15 is 0 Å². The molecule has 4 nitrogen and oxygen atoms in total. The second-order valence-corrected chi connectivity index (χ2v) is 4.79. The molecule has 0 aliphatic carbocycles. The van der Waals surface area contributed by atoms with Gasteiger partial charge in [0, 0.05) is 31.3 Å². The quantitative estimate of drug-likeness (QED) is 0.943. The Bertz CT molecular complexity index is 530. The fourth-order valence-corrected chi connectivity index (χ4v) is 2.06. The first-order valence-electron chi connectivity index (χ1n) is 5.66. The highest BCUT2D eigenvalue weighted by Crippen LogP contribution is 2.20. The molecule has 1 N–H and O–H groups in total. The summed E-state index contributed by atoms with van der Waals surface area (Å²) in [5.41, 5.74) is 1.23. The lowest BCUT2D eigenvalue weighted by atomic mass is 10.2. The topological polar surface area (TPSA) is 41.1 Å². The van der Waals surface area contributed by atoms with E-state index in [1.165, 1.54) is 5.56 Å². The third-order valence-corrected chi connectivity index (χ3v) is 3.39. The van der Waals surface area contributed by atoms with Gasteiger partial charge in [0.1, 0.15) is 5.82 Å². The molecule has 0 fully saturated rings. The van der Waals surface area contributed by atoms with Crippen LogP contribution < -0.4 is 10.2 Å². The third-order valence-electron chi connectivity index (χ3n) is 2.62. The van der Waals surface area contributed by atoms with Gasteiger partial charge in [-0.3, -0.25) is 0 Å². The maximum atomic E-state index is 4.41. The smallest absolute Gasteiger partial charge is 0.224 e. The number of anilines is 2. The molecule has 0 aliphatic heterocycles. The minimum absolute atomic E-state index is 0.631. The first-order valence-corrected chi connectivity index (χ1v) is 6.45. The third kappa shape index (κ3) is 2.98.